The fraction of sp³-hybridized carbons (Fsp3) is 0.500. The van der Waals surface area contributed by atoms with E-state index in [0.717, 1.165) is 25.7 Å². The fourth-order valence-corrected chi connectivity index (χ4v) is 1.59. The first-order valence-electron chi connectivity index (χ1n) is 5.71. The normalized spacial score (nSPS) is 11.4. The maximum absolute atomic E-state index is 10.9. The number of aryl methyl sites for hydroxylation is 1. The molecule has 0 spiro atoms. The number of unbranched alkanes of at least 4 members (excludes halogenated alkanes) is 1. The lowest BCUT2D eigenvalue weighted by Crippen LogP contribution is -2.23. The zero-order valence-electron chi connectivity index (χ0n) is 9.99. The number of rotatable bonds is 6. The third-order valence-corrected chi connectivity index (χ3v) is 2.87. The maximum Gasteiger partial charge on any atom is 0.309 e. The Morgan fingerprint density at radius 1 is 1.44 bits per heavy atom. The number of benzene rings is 1. The van der Waals surface area contributed by atoms with Gasteiger partial charge in [-0.15, -0.1) is 0 Å². The monoisotopic (exact) mass is 219 g/mol. The Morgan fingerprint density at radius 2 is 2.19 bits per heavy atom. The minimum atomic E-state index is -0.708. The Kier molecular flexibility index (Phi) is 4.53. The molecule has 2 heteroatoms. The highest BCUT2D eigenvalue weighted by atomic mass is 16.4. The molecule has 0 saturated carbocycles. The van der Waals surface area contributed by atoms with Gasteiger partial charge in [0.15, 0.2) is 0 Å². The predicted octanol–water partition coefficient (Wildman–Crippen LogP) is 3.31. The molecule has 0 atom stereocenters. The van der Waals surface area contributed by atoms with Crippen LogP contribution in [0.2, 0.25) is 0 Å². The second-order valence-electron chi connectivity index (χ2n) is 4.81. The molecule has 16 heavy (non-hydrogen) atoms. The van der Waals surface area contributed by atoms with Gasteiger partial charge in [-0.05, 0) is 44.7 Å². The highest BCUT2D eigenvalue weighted by molar-refractivity contribution is 5.73. The Labute approximate surface area is 97.3 Å². The smallest absolute Gasteiger partial charge is 0.309 e. The standard InChI is InChI=1S/C14H19O2/c1-14(2,13(15)16)11-7-6-10-12-8-4-3-5-9-12/h3-4,8-9H,6-7,10-11H2,1-2H3,(H,15,16). The van der Waals surface area contributed by atoms with Crippen LogP contribution >= 0.6 is 0 Å². The van der Waals surface area contributed by atoms with Crippen LogP contribution in [0.25, 0.3) is 0 Å². The van der Waals surface area contributed by atoms with Gasteiger partial charge in [-0.25, -0.2) is 0 Å². The molecule has 0 aliphatic rings. The number of hydrogen-bond acceptors (Lipinski definition) is 1. The van der Waals surface area contributed by atoms with Gasteiger partial charge in [-0.2, -0.15) is 0 Å². The van der Waals surface area contributed by atoms with Crippen LogP contribution in [-0.2, 0) is 11.2 Å². The van der Waals surface area contributed by atoms with Crippen molar-refractivity contribution in [3.05, 3.63) is 35.9 Å². The molecular formula is C14H19O2. The van der Waals surface area contributed by atoms with Gasteiger partial charge in [0.25, 0.3) is 0 Å². The highest BCUT2D eigenvalue weighted by Gasteiger charge is 2.25. The van der Waals surface area contributed by atoms with Crippen LogP contribution in [0.4, 0.5) is 0 Å². The summed E-state index contributed by atoms with van der Waals surface area (Å²) < 4.78 is 0. The van der Waals surface area contributed by atoms with Gasteiger partial charge in [-0.3, -0.25) is 4.79 Å². The van der Waals surface area contributed by atoms with Crippen molar-refractivity contribution in [2.24, 2.45) is 5.41 Å². The van der Waals surface area contributed by atoms with E-state index in [9.17, 15) is 4.79 Å². The Bertz CT molecular complexity index is 328. The molecule has 0 bridgehead atoms. The Morgan fingerprint density at radius 3 is 2.75 bits per heavy atom. The summed E-state index contributed by atoms with van der Waals surface area (Å²) in [4.78, 5) is 10.9. The van der Waals surface area contributed by atoms with Gasteiger partial charge < -0.3 is 5.11 Å². The van der Waals surface area contributed by atoms with Crippen LogP contribution in [0.15, 0.2) is 24.3 Å². The first-order chi connectivity index (χ1) is 7.52. The molecule has 0 saturated heterocycles. The van der Waals surface area contributed by atoms with Crippen molar-refractivity contribution in [3.8, 4) is 0 Å². The van der Waals surface area contributed by atoms with Gasteiger partial charge in [0.1, 0.15) is 0 Å². The predicted molar refractivity (Wildman–Crippen MR) is 64.2 cm³/mol. The number of carbonyl (C=O) groups is 1. The van der Waals surface area contributed by atoms with Gasteiger partial charge in [0, 0.05) is 0 Å². The van der Waals surface area contributed by atoms with Crippen LogP contribution in [-0.4, -0.2) is 11.1 Å². The second kappa shape index (κ2) is 5.69. The van der Waals surface area contributed by atoms with Crippen molar-refractivity contribution >= 4 is 5.97 Å². The van der Waals surface area contributed by atoms with E-state index in [0.29, 0.717) is 0 Å². The van der Waals surface area contributed by atoms with Crippen molar-refractivity contribution < 1.29 is 9.90 Å². The van der Waals surface area contributed by atoms with Crippen molar-refractivity contribution in [2.75, 3.05) is 0 Å². The number of hydrogen-bond donors (Lipinski definition) is 1. The molecule has 0 aliphatic carbocycles. The van der Waals surface area contributed by atoms with Crippen LogP contribution in [0, 0.1) is 11.5 Å². The average molecular weight is 219 g/mol. The first-order valence-corrected chi connectivity index (χ1v) is 5.71. The van der Waals surface area contributed by atoms with E-state index < -0.39 is 11.4 Å². The quantitative estimate of drug-likeness (QED) is 0.745. The molecule has 1 aromatic carbocycles. The molecule has 1 aromatic rings. The zero-order chi connectivity index (χ0) is 12.0. The summed E-state index contributed by atoms with van der Waals surface area (Å²) in [6.45, 7) is 3.57. The first kappa shape index (κ1) is 12.8. The molecule has 2 nitrogen and oxygen atoms in total. The molecule has 0 amide bonds. The summed E-state index contributed by atoms with van der Waals surface area (Å²) >= 11 is 0. The van der Waals surface area contributed by atoms with E-state index in [4.69, 9.17) is 5.11 Å². The van der Waals surface area contributed by atoms with E-state index in [1.54, 1.807) is 13.8 Å². The molecule has 87 valence electrons. The van der Waals surface area contributed by atoms with Crippen molar-refractivity contribution in [2.45, 2.75) is 39.5 Å². The molecule has 0 aromatic heterocycles. The van der Waals surface area contributed by atoms with Crippen LogP contribution in [0.3, 0.4) is 0 Å². The van der Waals surface area contributed by atoms with Crippen molar-refractivity contribution in [3.63, 3.8) is 0 Å². The van der Waals surface area contributed by atoms with Crippen LogP contribution < -0.4 is 0 Å². The minimum Gasteiger partial charge on any atom is -0.481 e. The molecule has 0 heterocycles. The summed E-state index contributed by atoms with van der Waals surface area (Å²) in [5.41, 5.74) is 0.679. The van der Waals surface area contributed by atoms with Gasteiger partial charge >= 0.3 is 5.97 Å². The van der Waals surface area contributed by atoms with E-state index in [1.807, 2.05) is 18.2 Å². The third-order valence-electron chi connectivity index (χ3n) is 2.87. The second-order valence-corrected chi connectivity index (χ2v) is 4.81. The van der Waals surface area contributed by atoms with Gasteiger partial charge in [-0.1, -0.05) is 30.7 Å². The topological polar surface area (TPSA) is 37.3 Å². The molecule has 1 rings (SSSR count). The SMILES string of the molecule is CC(C)(CCCCc1c[c]ccc1)C(=O)O. The van der Waals surface area contributed by atoms with E-state index in [2.05, 4.69) is 12.1 Å². The van der Waals surface area contributed by atoms with E-state index >= 15 is 0 Å². The molecule has 0 fully saturated rings. The number of carboxylic acid groups (broad SMARTS) is 1. The molecule has 0 unspecified atom stereocenters. The number of carboxylic acids is 1. The Hall–Kier alpha value is -1.31. The molecule has 0 aliphatic heterocycles. The summed E-state index contributed by atoms with van der Waals surface area (Å²) in [6, 6.07) is 11.0. The highest BCUT2D eigenvalue weighted by Crippen LogP contribution is 2.23. The van der Waals surface area contributed by atoms with Crippen LogP contribution in [0.5, 0.6) is 0 Å². The third kappa shape index (κ3) is 4.05. The van der Waals surface area contributed by atoms with E-state index in [-0.39, 0.29) is 0 Å². The lowest BCUT2D eigenvalue weighted by molar-refractivity contribution is -0.147. The van der Waals surface area contributed by atoms with E-state index in [1.165, 1.54) is 5.56 Å². The van der Waals surface area contributed by atoms with Crippen molar-refractivity contribution in [1.29, 1.82) is 0 Å². The maximum atomic E-state index is 10.9. The lowest BCUT2D eigenvalue weighted by atomic mass is 9.87. The minimum absolute atomic E-state index is 0.594. The fourth-order valence-electron chi connectivity index (χ4n) is 1.59. The van der Waals surface area contributed by atoms with Gasteiger partial charge in [0.2, 0.25) is 0 Å². The van der Waals surface area contributed by atoms with Crippen LogP contribution in [0.1, 0.15) is 38.7 Å². The largest absolute Gasteiger partial charge is 0.481 e. The Balaban J connectivity index is 2.25. The average Bonchev–Trinajstić information content (AvgIpc) is 2.26. The summed E-state index contributed by atoms with van der Waals surface area (Å²) in [6.07, 6.45) is 3.73. The molecule has 1 N–H and O–H groups in total. The number of aliphatic carboxylic acids is 1. The zero-order valence-corrected chi connectivity index (χ0v) is 9.99. The summed E-state index contributed by atoms with van der Waals surface area (Å²) in [5, 5.41) is 8.95. The lowest BCUT2D eigenvalue weighted by Gasteiger charge is -2.18. The molecule has 1 radical (unpaired) electrons. The van der Waals surface area contributed by atoms with Gasteiger partial charge in [0.05, 0.1) is 5.41 Å². The summed E-state index contributed by atoms with van der Waals surface area (Å²) in [7, 11) is 0. The summed E-state index contributed by atoms with van der Waals surface area (Å²) in [5.74, 6) is -0.708. The molecular weight excluding hydrogens is 200 g/mol. The van der Waals surface area contributed by atoms with Crippen molar-refractivity contribution in [1.82, 2.24) is 0 Å².